The van der Waals surface area contributed by atoms with Crippen LogP contribution in [-0.2, 0) is 9.53 Å². The van der Waals surface area contributed by atoms with Gasteiger partial charge in [0.25, 0.3) is 0 Å². The van der Waals surface area contributed by atoms with Crippen molar-refractivity contribution in [2.75, 3.05) is 6.61 Å². The zero-order chi connectivity index (χ0) is 18.3. The maximum atomic E-state index is 11.8. The highest BCUT2D eigenvalue weighted by molar-refractivity contribution is 5.81. The number of nitrogens with one attached hydrogen (secondary N) is 1. The second-order valence-corrected chi connectivity index (χ2v) is 6.81. The molecule has 1 unspecified atom stereocenters. The molecular formula is C18H27NO5. The first-order valence-electron chi connectivity index (χ1n) is 8.07. The zero-order valence-electron chi connectivity index (χ0n) is 15.0. The highest BCUT2D eigenvalue weighted by atomic mass is 16.6. The summed E-state index contributed by atoms with van der Waals surface area (Å²) in [5, 5.41) is 11.7. The molecule has 1 aromatic carbocycles. The summed E-state index contributed by atoms with van der Waals surface area (Å²) in [5.41, 5.74) is -0.245. The van der Waals surface area contributed by atoms with Gasteiger partial charge in [0.2, 0.25) is 0 Å². The Morgan fingerprint density at radius 1 is 1.21 bits per heavy atom. The Kier molecular flexibility index (Phi) is 7.07. The Hall–Kier alpha value is -2.24. The van der Waals surface area contributed by atoms with Gasteiger partial charge in [-0.15, -0.1) is 0 Å². The lowest BCUT2D eigenvalue weighted by atomic mass is 10.1. The first kappa shape index (κ1) is 19.8. The molecule has 0 heterocycles. The molecule has 0 radical (unpaired) electrons. The number of amides is 1. The normalized spacial score (nSPS) is 13.7. The fourth-order valence-electron chi connectivity index (χ4n) is 1.83. The van der Waals surface area contributed by atoms with Crippen LogP contribution in [-0.4, -0.2) is 29.4 Å². The van der Waals surface area contributed by atoms with Crippen molar-refractivity contribution in [2.24, 2.45) is 5.92 Å². The topological polar surface area (TPSA) is 84.9 Å². The van der Waals surface area contributed by atoms with Gasteiger partial charge in [-0.25, -0.2) is 9.59 Å². The third-order valence-corrected chi connectivity index (χ3v) is 3.35. The minimum atomic E-state index is -1.18. The van der Waals surface area contributed by atoms with Crippen molar-refractivity contribution in [2.45, 2.75) is 52.7 Å². The van der Waals surface area contributed by atoms with Gasteiger partial charge in [-0.3, -0.25) is 0 Å². The van der Waals surface area contributed by atoms with Crippen molar-refractivity contribution in [3.8, 4) is 5.75 Å². The second kappa shape index (κ2) is 8.57. The lowest BCUT2D eigenvalue weighted by Crippen LogP contribution is -2.38. The summed E-state index contributed by atoms with van der Waals surface area (Å²) in [6.45, 7) is 9.94. The summed E-state index contributed by atoms with van der Waals surface area (Å²) in [7, 11) is 0. The van der Waals surface area contributed by atoms with Gasteiger partial charge in [0, 0.05) is 0 Å². The van der Waals surface area contributed by atoms with Gasteiger partial charge in [-0.1, -0.05) is 32.4 Å². The van der Waals surface area contributed by atoms with Crippen molar-refractivity contribution >= 4 is 12.1 Å². The van der Waals surface area contributed by atoms with E-state index in [0.29, 0.717) is 23.8 Å². The van der Waals surface area contributed by atoms with Gasteiger partial charge < -0.3 is 19.9 Å². The number of alkyl carbamates (subject to hydrolysis) is 1. The van der Waals surface area contributed by atoms with Crippen LogP contribution in [0.2, 0.25) is 0 Å². The van der Waals surface area contributed by atoms with E-state index in [2.05, 4.69) is 19.2 Å². The smallest absolute Gasteiger partial charge is 0.408 e. The third kappa shape index (κ3) is 6.89. The van der Waals surface area contributed by atoms with Gasteiger partial charge >= 0.3 is 12.1 Å². The van der Waals surface area contributed by atoms with Crippen molar-refractivity contribution in [3.63, 3.8) is 0 Å². The van der Waals surface area contributed by atoms with E-state index in [0.717, 1.165) is 6.42 Å². The number of hydrogen-bond donors (Lipinski definition) is 2. The van der Waals surface area contributed by atoms with Crippen molar-refractivity contribution in [3.05, 3.63) is 29.8 Å². The van der Waals surface area contributed by atoms with E-state index in [4.69, 9.17) is 9.47 Å². The van der Waals surface area contributed by atoms with Gasteiger partial charge in [-0.2, -0.15) is 0 Å². The quantitative estimate of drug-likeness (QED) is 0.791. The highest BCUT2D eigenvalue weighted by Crippen LogP contribution is 2.20. The maximum absolute atomic E-state index is 11.8. The number of carboxylic acid groups (broad SMARTS) is 1. The molecule has 0 aliphatic carbocycles. The van der Waals surface area contributed by atoms with Crippen LogP contribution in [0.15, 0.2) is 24.3 Å². The summed E-state index contributed by atoms with van der Waals surface area (Å²) in [6.07, 6.45) is 0.255. The number of rotatable bonds is 7. The first-order chi connectivity index (χ1) is 11.1. The molecule has 1 amide bonds. The van der Waals surface area contributed by atoms with Crippen LogP contribution in [0, 0.1) is 5.92 Å². The SMILES string of the molecule is CCC(C)COc1ccc([C@@H](NC(=O)OC(C)(C)C)C(=O)O)cc1. The Balaban J connectivity index is 2.75. The molecule has 2 atom stereocenters. The van der Waals surface area contributed by atoms with E-state index in [1.807, 2.05) is 0 Å². The average molecular weight is 337 g/mol. The number of carboxylic acids is 1. The molecule has 0 fully saturated rings. The van der Waals surface area contributed by atoms with E-state index in [1.165, 1.54) is 0 Å². The molecule has 6 nitrogen and oxygen atoms in total. The van der Waals surface area contributed by atoms with E-state index in [9.17, 15) is 14.7 Å². The molecule has 0 aliphatic heterocycles. The lowest BCUT2D eigenvalue weighted by Gasteiger charge is -2.22. The summed E-state index contributed by atoms with van der Waals surface area (Å²) in [4.78, 5) is 23.2. The van der Waals surface area contributed by atoms with E-state index < -0.39 is 23.7 Å². The minimum absolute atomic E-state index is 0.448. The van der Waals surface area contributed by atoms with Crippen LogP contribution >= 0.6 is 0 Å². The summed E-state index contributed by atoms with van der Waals surface area (Å²) >= 11 is 0. The van der Waals surface area contributed by atoms with Crippen LogP contribution in [0.5, 0.6) is 5.75 Å². The average Bonchev–Trinajstić information content (AvgIpc) is 2.49. The summed E-state index contributed by atoms with van der Waals surface area (Å²) < 4.78 is 10.7. The molecule has 0 spiro atoms. The van der Waals surface area contributed by atoms with Crippen LogP contribution in [0.25, 0.3) is 0 Å². The molecule has 1 rings (SSSR count). The molecule has 0 aromatic heterocycles. The third-order valence-electron chi connectivity index (χ3n) is 3.35. The number of carbonyl (C=O) groups excluding carboxylic acids is 1. The van der Waals surface area contributed by atoms with Gasteiger partial charge in [-0.05, 0) is 44.4 Å². The molecule has 24 heavy (non-hydrogen) atoms. The molecular weight excluding hydrogens is 310 g/mol. The largest absolute Gasteiger partial charge is 0.493 e. The summed E-state index contributed by atoms with van der Waals surface area (Å²) in [6, 6.07) is 5.47. The molecule has 1 aromatic rings. The first-order valence-corrected chi connectivity index (χ1v) is 8.07. The van der Waals surface area contributed by atoms with E-state index >= 15 is 0 Å². The van der Waals surface area contributed by atoms with Gasteiger partial charge in [0.1, 0.15) is 11.4 Å². The maximum Gasteiger partial charge on any atom is 0.408 e. The molecule has 134 valence electrons. The number of aliphatic carboxylic acids is 1. The van der Waals surface area contributed by atoms with Gasteiger partial charge in [0.15, 0.2) is 6.04 Å². The minimum Gasteiger partial charge on any atom is -0.493 e. The molecule has 2 N–H and O–H groups in total. The Labute approximate surface area is 143 Å². The highest BCUT2D eigenvalue weighted by Gasteiger charge is 2.25. The van der Waals surface area contributed by atoms with Crippen LogP contribution in [0.1, 0.15) is 52.6 Å². The number of ether oxygens (including phenoxy) is 2. The molecule has 0 saturated heterocycles. The predicted molar refractivity (Wildman–Crippen MR) is 91.1 cm³/mol. The molecule has 0 aliphatic rings. The van der Waals surface area contributed by atoms with E-state index in [1.54, 1.807) is 45.0 Å². The number of benzene rings is 1. The monoisotopic (exact) mass is 337 g/mol. The molecule has 6 heteroatoms. The Morgan fingerprint density at radius 3 is 2.25 bits per heavy atom. The van der Waals surface area contributed by atoms with Crippen molar-refractivity contribution < 1.29 is 24.2 Å². The number of carbonyl (C=O) groups is 2. The van der Waals surface area contributed by atoms with Gasteiger partial charge in [0.05, 0.1) is 6.61 Å². The summed E-state index contributed by atoms with van der Waals surface area (Å²) in [5.74, 6) is -0.0418. The fraction of sp³-hybridized carbons (Fsp3) is 0.556. The standard InChI is InChI=1S/C18H27NO5/c1-6-12(2)11-23-14-9-7-13(8-10-14)15(16(20)21)19-17(22)24-18(3,4)5/h7-10,12,15H,6,11H2,1-5H3,(H,19,22)(H,20,21)/t12?,15-/m1/s1. The van der Waals surface area contributed by atoms with Crippen LogP contribution < -0.4 is 10.1 Å². The fourth-order valence-corrected chi connectivity index (χ4v) is 1.83. The lowest BCUT2D eigenvalue weighted by molar-refractivity contribution is -0.139. The number of hydrogen-bond acceptors (Lipinski definition) is 4. The second-order valence-electron chi connectivity index (χ2n) is 6.81. The predicted octanol–water partition coefficient (Wildman–Crippen LogP) is 3.76. The molecule has 0 bridgehead atoms. The van der Waals surface area contributed by atoms with Crippen LogP contribution in [0.4, 0.5) is 4.79 Å². The Morgan fingerprint density at radius 2 is 1.79 bits per heavy atom. The Bertz CT molecular complexity index is 548. The van der Waals surface area contributed by atoms with E-state index in [-0.39, 0.29) is 0 Å². The van der Waals surface area contributed by atoms with Crippen LogP contribution in [0.3, 0.4) is 0 Å². The van der Waals surface area contributed by atoms with Crippen molar-refractivity contribution in [1.29, 1.82) is 0 Å². The zero-order valence-corrected chi connectivity index (χ0v) is 15.0. The van der Waals surface area contributed by atoms with Crippen molar-refractivity contribution in [1.82, 2.24) is 5.32 Å². The molecule has 0 saturated carbocycles.